The molecule has 0 spiro atoms. The van der Waals surface area contributed by atoms with Gasteiger partial charge in [-0.1, -0.05) is 12.1 Å². The van der Waals surface area contributed by atoms with Gasteiger partial charge in [-0.05, 0) is 36.7 Å². The van der Waals surface area contributed by atoms with E-state index in [2.05, 4.69) is 10.4 Å². The number of nitrogens with one attached hydrogen (secondary N) is 1. The second-order valence-electron chi connectivity index (χ2n) is 4.54. The van der Waals surface area contributed by atoms with Crippen LogP contribution < -0.4 is 5.32 Å². The predicted octanol–water partition coefficient (Wildman–Crippen LogP) is 2.10. The molecule has 4 heteroatoms. The van der Waals surface area contributed by atoms with E-state index >= 15 is 0 Å². The standard InChI is InChI=1S/C14H18FN3/c1-16-9-13(6-11-8-17-18(2)10-11)12-4-3-5-14(15)7-12/h3-5,7-8,10,13,16H,6,9H2,1-2H3. The number of rotatable bonds is 5. The Labute approximate surface area is 107 Å². The van der Waals surface area contributed by atoms with E-state index in [4.69, 9.17) is 0 Å². The first-order valence-electron chi connectivity index (χ1n) is 6.06. The predicted molar refractivity (Wildman–Crippen MR) is 70.0 cm³/mol. The van der Waals surface area contributed by atoms with Crippen molar-refractivity contribution in [3.63, 3.8) is 0 Å². The third-order valence-corrected chi connectivity index (χ3v) is 3.01. The zero-order valence-electron chi connectivity index (χ0n) is 10.7. The van der Waals surface area contributed by atoms with Crippen LogP contribution in [0.3, 0.4) is 0 Å². The fourth-order valence-electron chi connectivity index (χ4n) is 2.18. The van der Waals surface area contributed by atoms with Crippen molar-refractivity contribution in [2.45, 2.75) is 12.3 Å². The molecule has 1 aromatic carbocycles. The van der Waals surface area contributed by atoms with Gasteiger partial charge < -0.3 is 5.32 Å². The normalized spacial score (nSPS) is 12.6. The number of hydrogen-bond acceptors (Lipinski definition) is 2. The summed E-state index contributed by atoms with van der Waals surface area (Å²) in [5.74, 6) is 0.0784. The minimum absolute atomic E-state index is 0.181. The van der Waals surface area contributed by atoms with Crippen LogP contribution in [0.25, 0.3) is 0 Å². The zero-order valence-corrected chi connectivity index (χ0v) is 10.7. The third-order valence-electron chi connectivity index (χ3n) is 3.01. The van der Waals surface area contributed by atoms with Crippen molar-refractivity contribution >= 4 is 0 Å². The number of benzene rings is 1. The van der Waals surface area contributed by atoms with Crippen LogP contribution in [0.4, 0.5) is 4.39 Å². The summed E-state index contributed by atoms with van der Waals surface area (Å²) in [6.07, 6.45) is 4.72. The summed E-state index contributed by atoms with van der Waals surface area (Å²) < 4.78 is 15.1. The number of nitrogens with zero attached hydrogens (tertiary/aromatic N) is 2. The molecule has 1 unspecified atom stereocenters. The monoisotopic (exact) mass is 247 g/mol. The lowest BCUT2D eigenvalue weighted by atomic mass is 9.93. The summed E-state index contributed by atoms with van der Waals surface area (Å²) in [6, 6.07) is 6.82. The van der Waals surface area contributed by atoms with Crippen LogP contribution in [0, 0.1) is 5.82 Å². The summed E-state index contributed by atoms with van der Waals surface area (Å²) in [5.41, 5.74) is 2.19. The van der Waals surface area contributed by atoms with Gasteiger partial charge in [-0.3, -0.25) is 4.68 Å². The summed E-state index contributed by atoms with van der Waals surface area (Å²) in [6.45, 7) is 0.818. The van der Waals surface area contributed by atoms with Crippen molar-refractivity contribution in [1.29, 1.82) is 0 Å². The van der Waals surface area contributed by atoms with E-state index in [0.717, 1.165) is 18.5 Å². The highest BCUT2D eigenvalue weighted by Gasteiger charge is 2.13. The second-order valence-corrected chi connectivity index (χ2v) is 4.54. The van der Waals surface area contributed by atoms with E-state index < -0.39 is 0 Å². The van der Waals surface area contributed by atoms with Crippen molar-refractivity contribution in [3.05, 3.63) is 53.6 Å². The minimum atomic E-state index is -0.181. The van der Waals surface area contributed by atoms with E-state index in [0.29, 0.717) is 0 Å². The molecule has 0 bridgehead atoms. The molecule has 2 rings (SSSR count). The lowest BCUT2D eigenvalue weighted by molar-refractivity contribution is 0.600. The fraction of sp³-hybridized carbons (Fsp3) is 0.357. The van der Waals surface area contributed by atoms with E-state index in [1.54, 1.807) is 16.8 Å². The molecule has 96 valence electrons. The number of aromatic nitrogens is 2. The Hall–Kier alpha value is -1.68. The van der Waals surface area contributed by atoms with Gasteiger partial charge in [-0.2, -0.15) is 5.10 Å². The van der Waals surface area contributed by atoms with E-state index in [-0.39, 0.29) is 11.7 Å². The molecule has 0 aliphatic carbocycles. The van der Waals surface area contributed by atoms with Crippen LogP contribution in [0.5, 0.6) is 0 Å². The molecule has 0 aliphatic rings. The van der Waals surface area contributed by atoms with Crippen LogP contribution in [-0.4, -0.2) is 23.4 Å². The van der Waals surface area contributed by atoms with Gasteiger partial charge in [0.2, 0.25) is 0 Å². The van der Waals surface area contributed by atoms with Gasteiger partial charge in [-0.25, -0.2) is 4.39 Å². The first-order chi connectivity index (χ1) is 8.69. The smallest absolute Gasteiger partial charge is 0.123 e. The summed E-state index contributed by atoms with van der Waals surface area (Å²) in [7, 11) is 3.81. The van der Waals surface area contributed by atoms with Crippen LogP contribution in [-0.2, 0) is 13.5 Å². The maximum absolute atomic E-state index is 13.3. The average molecular weight is 247 g/mol. The van der Waals surface area contributed by atoms with E-state index in [9.17, 15) is 4.39 Å². The molecule has 0 saturated heterocycles. The average Bonchev–Trinajstić information content (AvgIpc) is 2.74. The molecule has 18 heavy (non-hydrogen) atoms. The Morgan fingerprint density at radius 2 is 2.28 bits per heavy atom. The van der Waals surface area contributed by atoms with Crippen molar-refractivity contribution < 1.29 is 4.39 Å². The molecule has 0 radical (unpaired) electrons. The van der Waals surface area contributed by atoms with Crippen molar-refractivity contribution in [1.82, 2.24) is 15.1 Å². The van der Waals surface area contributed by atoms with Crippen LogP contribution in [0.1, 0.15) is 17.0 Å². The lowest BCUT2D eigenvalue weighted by Crippen LogP contribution is -2.19. The SMILES string of the molecule is CNCC(Cc1cnn(C)c1)c1cccc(F)c1. The van der Waals surface area contributed by atoms with Crippen LogP contribution in [0.15, 0.2) is 36.7 Å². The molecule has 1 atom stereocenters. The molecule has 0 amide bonds. The molecule has 0 aliphatic heterocycles. The summed E-state index contributed by atoms with van der Waals surface area (Å²) in [4.78, 5) is 0. The Morgan fingerprint density at radius 1 is 1.44 bits per heavy atom. The van der Waals surface area contributed by atoms with Gasteiger partial charge in [0.15, 0.2) is 0 Å². The molecule has 2 aromatic rings. The highest BCUT2D eigenvalue weighted by molar-refractivity contribution is 5.23. The number of halogens is 1. The molecule has 0 saturated carbocycles. The molecule has 0 fully saturated rings. The molecule has 1 N–H and O–H groups in total. The van der Waals surface area contributed by atoms with E-state index in [1.807, 2.05) is 32.6 Å². The highest BCUT2D eigenvalue weighted by Crippen LogP contribution is 2.20. The lowest BCUT2D eigenvalue weighted by Gasteiger charge is -2.16. The number of hydrogen-bond donors (Lipinski definition) is 1. The Morgan fingerprint density at radius 3 is 2.89 bits per heavy atom. The first kappa shape index (κ1) is 12.8. The molecule has 1 aromatic heterocycles. The van der Waals surface area contributed by atoms with Gasteiger partial charge in [-0.15, -0.1) is 0 Å². The summed E-state index contributed by atoms with van der Waals surface area (Å²) >= 11 is 0. The van der Waals surface area contributed by atoms with Crippen molar-refractivity contribution in [2.75, 3.05) is 13.6 Å². The second kappa shape index (κ2) is 5.78. The van der Waals surface area contributed by atoms with Crippen molar-refractivity contribution in [3.8, 4) is 0 Å². The van der Waals surface area contributed by atoms with Crippen LogP contribution >= 0.6 is 0 Å². The van der Waals surface area contributed by atoms with E-state index in [1.165, 1.54) is 11.6 Å². The maximum Gasteiger partial charge on any atom is 0.123 e. The maximum atomic E-state index is 13.3. The minimum Gasteiger partial charge on any atom is -0.319 e. The number of likely N-dealkylation sites (N-methyl/N-ethyl adjacent to an activating group) is 1. The van der Waals surface area contributed by atoms with Gasteiger partial charge >= 0.3 is 0 Å². The highest BCUT2D eigenvalue weighted by atomic mass is 19.1. The zero-order chi connectivity index (χ0) is 13.0. The molecule has 1 heterocycles. The van der Waals surface area contributed by atoms with Gasteiger partial charge in [0.05, 0.1) is 6.20 Å². The molecule has 3 nitrogen and oxygen atoms in total. The Kier molecular flexibility index (Phi) is 4.10. The van der Waals surface area contributed by atoms with Crippen LogP contribution in [0.2, 0.25) is 0 Å². The molecular formula is C14H18FN3. The first-order valence-corrected chi connectivity index (χ1v) is 6.06. The fourth-order valence-corrected chi connectivity index (χ4v) is 2.18. The third kappa shape index (κ3) is 3.17. The van der Waals surface area contributed by atoms with Crippen molar-refractivity contribution in [2.24, 2.45) is 7.05 Å². The number of aryl methyl sites for hydroxylation is 1. The van der Waals surface area contributed by atoms with Gasteiger partial charge in [0.1, 0.15) is 5.82 Å². The Bertz CT molecular complexity index is 507. The van der Waals surface area contributed by atoms with Gasteiger partial charge in [0, 0.05) is 25.7 Å². The quantitative estimate of drug-likeness (QED) is 0.877. The summed E-state index contributed by atoms with van der Waals surface area (Å²) in [5, 5.41) is 7.33. The largest absolute Gasteiger partial charge is 0.319 e. The van der Waals surface area contributed by atoms with Gasteiger partial charge in [0.25, 0.3) is 0 Å². The topological polar surface area (TPSA) is 29.9 Å². The Balaban J connectivity index is 2.17. The molecular weight excluding hydrogens is 229 g/mol.